The van der Waals surface area contributed by atoms with E-state index in [0.29, 0.717) is 12.4 Å². The van der Waals surface area contributed by atoms with Crippen molar-refractivity contribution < 1.29 is 9.53 Å². The maximum atomic E-state index is 12.8. The number of hydrogen-bond acceptors (Lipinski definition) is 4. The minimum Gasteiger partial charge on any atom is -0.497 e. The number of nitrogens with zero attached hydrogens (tertiary/aromatic N) is 4. The van der Waals surface area contributed by atoms with Gasteiger partial charge in [-0.3, -0.25) is 9.69 Å². The van der Waals surface area contributed by atoms with Crippen LogP contribution in [0.3, 0.4) is 0 Å². The van der Waals surface area contributed by atoms with Crippen LogP contribution >= 0.6 is 0 Å². The summed E-state index contributed by atoms with van der Waals surface area (Å²) >= 11 is 0. The number of hydrogen-bond donors (Lipinski definition) is 0. The van der Waals surface area contributed by atoms with Crippen molar-refractivity contribution in [3.05, 3.63) is 72.1 Å². The molecule has 27 heavy (non-hydrogen) atoms. The third-order valence-corrected chi connectivity index (χ3v) is 5.08. The summed E-state index contributed by atoms with van der Waals surface area (Å²) in [6, 6.07) is 18.1. The highest BCUT2D eigenvalue weighted by atomic mass is 16.5. The minimum atomic E-state index is -0.0811. The van der Waals surface area contributed by atoms with Crippen molar-refractivity contribution >= 4 is 11.9 Å². The van der Waals surface area contributed by atoms with E-state index in [2.05, 4.69) is 22.2 Å². The van der Waals surface area contributed by atoms with Gasteiger partial charge in [0.2, 0.25) is 11.9 Å². The molecule has 1 amide bonds. The van der Waals surface area contributed by atoms with Gasteiger partial charge in [0.25, 0.3) is 0 Å². The molecular weight excluding hydrogens is 340 g/mol. The Balaban J connectivity index is 1.81. The molecular formula is C21H22N4O2. The number of anilines is 1. The van der Waals surface area contributed by atoms with Crippen LogP contribution in [0.2, 0.25) is 0 Å². The number of aromatic nitrogens is 3. The molecule has 0 N–H and O–H groups in total. The lowest BCUT2D eigenvalue weighted by Gasteiger charge is -2.39. The van der Waals surface area contributed by atoms with Crippen LogP contribution in [0, 0.1) is 0 Å². The third kappa shape index (κ3) is 3.07. The standard InChI is InChI=1S/C21H22N4O2/c1-3-20(26)24-18(15-7-5-4-6-8-15)13-19(25-21(24)22-14-23-25)16-9-11-17(27-2)12-10-16/h4-12,14,18-19H,3,13H2,1-2H3. The van der Waals surface area contributed by atoms with Crippen molar-refractivity contribution in [2.24, 2.45) is 0 Å². The second-order valence-electron chi connectivity index (χ2n) is 6.57. The maximum absolute atomic E-state index is 12.8. The Morgan fingerprint density at radius 1 is 1.07 bits per heavy atom. The summed E-state index contributed by atoms with van der Waals surface area (Å²) in [5, 5.41) is 4.43. The molecule has 2 atom stereocenters. The molecule has 0 saturated carbocycles. The zero-order chi connectivity index (χ0) is 18.8. The Hall–Kier alpha value is -3.15. The molecule has 6 nitrogen and oxygen atoms in total. The van der Waals surface area contributed by atoms with Crippen molar-refractivity contribution in [2.45, 2.75) is 31.8 Å². The summed E-state index contributed by atoms with van der Waals surface area (Å²) in [7, 11) is 1.66. The van der Waals surface area contributed by atoms with Gasteiger partial charge in [-0.2, -0.15) is 10.1 Å². The van der Waals surface area contributed by atoms with Crippen LogP contribution in [-0.4, -0.2) is 27.8 Å². The predicted octanol–water partition coefficient (Wildman–Crippen LogP) is 3.76. The number of carbonyl (C=O) groups excluding carboxylic acids is 1. The highest BCUT2D eigenvalue weighted by molar-refractivity contribution is 5.92. The van der Waals surface area contributed by atoms with E-state index < -0.39 is 0 Å². The van der Waals surface area contributed by atoms with Crippen molar-refractivity contribution in [1.82, 2.24) is 14.8 Å². The number of ether oxygens (including phenoxy) is 1. The van der Waals surface area contributed by atoms with Gasteiger partial charge in [-0.05, 0) is 29.7 Å². The highest BCUT2D eigenvalue weighted by Gasteiger charge is 2.38. The normalized spacial score (nSPS) is 18.8. The van der Waals surface area contributed by atoms with E-state index in [4.69, 9.17) is 4.74 Å². The first kappa shape index (κ1) is 17.3. The Labute approximate surface area is 158 Å². The molecule has 3 aromatic rings. The number of carbonyl (C=O) groups is 1. The predicted molar refractivity (Wildman–Crippen MR) is 103 cm³/mol. The van der Waals surface area contributed by atoms with Crippen molar-refractivity contribution in [1.29, 1.82) is 0 Å². The highest BCUT2D eigenvalue weighted by Crippen LogP contribution is 2.42. The quantitative estimate of drug-likeness (QED) is 0.709. The van der Waals surface area contributed by atoms with E-state index in [1.165, 1.54) is 6.33 Å². The largest absolute Gasteiger partial charge is 0.497 e. The van der Waals surface area contributed by atoms with Crippen LogP contribution in [0.25, 0.3) is 0 Å². The summed E-state index contributed by atoms with van der Waals surface area (Å²) in [6.45, 7) is 1.88. The van der Waals surface area contributed by atoms with Crippen LogP contribution < -0.4 is 9.64 Å². The van der Waals surface area contributed by atoms with Crippen molar-refractivity contribution in [3.63, 3.8) is 0 Å². The number of benzene rings is 2. The van der Waals surface area contributed by atoms with Gasteiger partial charge in [0.1, 0.15) is 12.1 Å². The topological polar surface area (TPSA) is 60.2 Å². The van der Waals surface area contributed by atoms with Gasteiger partial charge in [-0.15, -0.1) is 0 Å². The van der Waals surface area contributed by atoms with E-state index in [1.54, 1.807) is 12.0 Å². The number of amides is 1. The summed E-state index contributed by atoms with van der Waals surface area (Å²) in [6.07, 6.45) is 2.68. The fourth-order valence-corrected chi connectivity index (χ4v) is 3.71. The molecule has 4 rings (SSSR count). The van der Waals surface area contributed by atoms with E-state index in [0.717, 1.165) is 23.3 Å². The molecule has 1 aromatic heterocycles. The molecule has 0 spiro atoms. The molecule has 0 saturated heterocycles. The molecule has 0 aliphatic carbocycles. The zero-order valence-corrected chi connectivity index (χ0v) is 15.4. The molecule has 0 bridgehead atoms. The average Bonchev–Trinajstić information content (AvgIpc) is 3.22. The monoisotopic (exact) mass is 362 g/mol. The molecule has 138 valence electrons. The second-order valence-corrected chi connectivity index (χ2v) is 6.57. The summed E-state index contributed by atoms with van der Waals surface area (Å²) in [5.41, 5.74) is 2.22. The van der Waals surface area contributed by atoms with Gasteiger partial charge >= 0.3 is 0 Å². The van der Waals surface area contributed by atoms with Crippen molar-refractivity contribution in [3.8, 4) is 5.75 Å². The minimum absolute atomic E-state index is 0.000446. The van der Waals surface area contributed by atoms with Gasteiger partial charge in [-0.1, -0.05) is 49.4 Å². The van der Waals surface area contributed by atoms with E-state index in [9.17, 15) is 4.79 Å². The Bertz CT molecular complexity index is 921. The lowest BCUT2D eigenvalue weighted by Crippen LogP contribution is -2.42. The number of rotatable bonds is 4. The Morgan fingerprint density at radius 3 is 2.44 bits per heavy atom. The summed E-state index contributed by atoms with van der Waals surface area (Å²) < 4.78 is 7.13. The molecule has 0 fully saturated rings. The molecule has 1 aliphatic rings. The molecule has 2 heterocycles. The fourth-order valence-electron chi connectivity index (χ4n) is 3.71. The second kappa shape index (κ2) is 7.23. The van der Waals surface area contributed by atoms with Gasteiger partial charge in [0.15, 0.2) is 0 Å². The molecule has 2 unspecified atom stereocenters. The molecule has 1 aliphatic heterocycles. The average molecular weight is 362 g/mol. The maximum Gasteiger partial charge on any atom is 0.231 e. The van der Waals surface area contributed by atoms with Gasteiger partial charge < -0.3 is 4.74 Å². The molecule has 6 heteroatoms. The number of methoxy groups -OCH3 is 1. The van der Waals surface area contributed by atoms with Crippen LogP contribution in [0.15, 0.2) is 60.9 Å². The Morgan fingerprint density at radius 2 is 1.78 bits per heavy atom. The SMILES string of the molecule is CCC(=O)N1c2ncnn2C(c2ccc(OC)cc2)CC1c1ccccc1. The Kier molecular flexibility index (Phi) is 4.62. The van der Waals surface area contributed by atoms with Crippen LogP contribution in [0.1, 0.15) is 43.0 Å². The number of fused-ring (bicyclic) bond motifs is 1. The molecule has 0 radical (unpaired) electrons. The summed E-state index contributed by atoms with van der Waals surface area (Å²) in [4.78, 5) is 19.0. The van der Waals surface area contributed by atoms with Crippen LogP contribution in [0.5, 0.6) is 5.75 Å². The van der Waals surface area contributed by atoms with Gasteiger partial charge in [-0.25, -0.2) is 4.68 Å². The fraction of sp³-hybridized carbons (Fsp3) is 0.286. The smallest absolute Gasteiger partial charge is 0.231 e. The van der Waals surface area contributed by atoms with E-state index in [1.807, 2.05) is 54.1 Å². The van der Waals surface area contributed by atoms with E-state index in [-0.39, 0.29) is 18.0 Å². The first-order valence-corrected chi connectivity index (χ1v) is 9.13. The lowest BCUT2D eigenvalue weighted by molar-refractivity contribution is -0.119. The van der Waals surface area contributed by atoms with Crippen LogP contribution in [0.4, 0.5) is 5.95 Å². The summed E-state index contributed by atoms with van der Waals surface area (Å²) in [5.74, 6) is 1.46. The van der Waals surface area contributed by atoms with Crippen LogP contribution in [-0.2, 0) is 4.79 Å². The third-order valence-electron chi connectivity index (χ3n) is 5.08. The van der Waals surface area contributed by atoms with Gasteiger partial charge in [0.05, 0.1) is 19.2 Å². The molecule has 2 aromatic carbocycles. The lowest BCUT2D eigenvalue weighted by atomic mass is 9.91. The first-order valence-electron chi connectivity index (χ1n) is 9.13. The van der Waals surface area contributed by atoms with Crippen molar-refractivity contribution in [2.75, 3.05) is 12.0 Å². The van der Waals surface area contributed by atoms with E-state index >= 15 is 0 Å². The zero-order valence-electron chi connectivity index (χ0n) is 15.4. The first-order chi connectivity index (χ1) is 13.2. The van der Waals surface area contributed by atoms with Gasteiger partial charge in [0, 0.05) is 6.42 Å².